The van der Waals surface area contributed by atoms with Crippen molar-refractivity contribution in [2.45, 2.75) is 0 Å². The van der Waals surface area contributed by atoms with E-state index in [1.54, 1.807) is 7.11 Å². The van der Waals surface area contributed by atoms with Crippen molar-refractivity contribution in [1.29, 1.82) is 0 Å². The molecule has 2 aromatic rings. The summed E-state index contributed by atoms with van der Waals surface area (Å²) in [6, 6.07) is 6.02. The first-order chi connectivity index (χ1) is 6.70. The zero-order chi connectivity index (χ0) is 10.1. The lowest BCUT2D eigenvalue weighted by Crippen LogP contribution is -1.87. The van der Waals surface area contributed by atoms with E-state index in [9.17, 15) is 0 Å². The third-order valence-electron chi connectivity index (χ3n) is 1.92. The second kappa shape index (κ2) is 4.02. The van der Waals surface area contributed by atoms with Crippen molar-refractivity contribution in [1.82, 2.24) is 4.98 Å². The van der Waals surface area contributed by atoms with Crippen molar-refractivity contribution >= 4 is 49.4 Å². The average molecular weight is 364 g/mol. The zero-order valence-corrected chi connectivity index (χ0v) is 11.2. The summed E-state index contributed by atoms with van der Waals surface area (Å²) >= 11 is 5.67. The maximum Gasteiger partial charge on any atom is 0.133 e. The Morgan fingerprint density at radius 3 is 2.86 bits per heavy atom. The van der Waals surface area contributed by atoms with Crippen LogP contribution in [0.25, 0.3) is 10.9 Å². The number of fused-ring (bicyclic) bond motifs is 1. The van der Waals surface area contributed by atoms with Crippen molar-refractivity contribution in [3.8, 4) is 5.75 Å². The van der Waals surface area contributed by atoms with Gasteiger partial charge in [0.2, 0.25) is 0 Å². The molecular weight excluding hydrogens is 357 g/mol. The number of pyridine rings is 1. The van der Waals surface area contributed by atoms with Crippen molar-refractivity contribution < 1.29 is 4.74 Å². The molecule has 0 bridgehead atoms. The van der Waals surface area contributed by atoms with Gasteiger partial charge in [0.25, 0.3) is 0 Å². The molecule has 0 aliphatic rings. The summed E-state index contributed by atoms with van der Waals surface area (Å²) in [4.78, 5) is 4.32. The summed E-state index contributed by atoms with van der Waals surface area (Å²) in [6.07, 6.45) is 1.85. The number of nitrogens with zero attached hydrogens (tertiary/aromatic N) is 1. The number of aromatic nitrogens is 1. The van der Waals surface area contributed by atoms with Gasteiger partial charge in [-0.2, -0.15) is 0 Å². The number of hydrogen-bond donors (Lipinski definition) is 0. The topological polar surface area (TPSA) is 22.1 Å². The predicted molar refractivity (Wildman–Crippen MR) is 68.7 cm³/mol. The molecular formula is C10H7BrINO. The van der Waals surface area contributed by atoms with Crippen LogP contribution in [-0.2, 0) is 0 Å². The van der Waals surface area contributed by atoms with E-state index in [0.29, 0.717) is 0 Å². The largest absolute Gasteiger partial charge is 0.496 e. The average Bonchev–Trinajstić information content (AvgIpc) is 2.17. The number of rotatable bonds is 1. The molecule has 0 unspecified atom stereocenters. The quantitative estimate of drug-likeness (QED) is 0.722. The van der Waals surface area contributed by atoms with E-state index in [1.165, 1.54) is 0 Å². The van der Waals surface area contributed by atoms with E-state index in [4.69, 9.17) is 4.74 Å². The van der Waals surface area contributed by atoms with Gasteiger partial charge < -0.3 is 4.74 Å². The second-order valence-corrected chi connectivity index (χ2v) is 4.93. The molecule has 0 saturated carbocycles. The van der Waals surface area contributed by atoms with Gasteiger partial charge in [0, 0.05) is 15.2 Å². The highest BCUT2D eigenvalue weighted by molar-refractivity contribution is 14.1. The van der Waals surface area contributed by atoms with Gasteiger partial charge in [-0.3, -0.25) is 4.98 Å². The lowest BCUT2D eigenvalue weighted by atomic mass is 10.2. The number of hydrogen-bond acceptors (Lipinski definition) is 2. The molecule has 0 N–H and O–H groups in total. The Balaban J connectivity index is 2.73. The van der Waals surface area contributed by atoms with Crippen LogP contribution >= 0.6 is 38.5 Å². The van der Waals surface area contributed by atoms with Gasteiger partial charge in [-0.05, 0) is 56.7 Å². The number of benzene rings is 1. The molecule has 4 heteroatoms. The third kappa shape index (κ3) is 1.86. The van der Waals surface area contributed by atoms with Gasteiger partial charge in [-0.25, -0.2) is 0 Å². The summed E-state index contributed by atoms with van der Waals surface area (Å²) < 4.78 is 7.27. The minimum absolute atomic E-state index is 0.835. The number of methoxy groups -OCH3 is 1. The Kier molecular flexibility index (Phi) is 2.92. The SMILES string of the molecule is COc1cc2cc(I)cnc2cc1Br. The van der Waals surface area contributed by atoms with Gasteiger partial charge in [0.15, 0.2) is 0 Å². The minimum atomic E-state index is 0.835. The number of halogens is 2. The van der Waals surface area contributed by atoms with Gasteiger partial charge in [0.1, 0.15) is 5.75 Å². The summed E-state index contributed by atoms with van der Waals surface area (Å²) in [6.45, 7) is 0. The van der Waals surface area contributed by atoms with Gasteiger partial charge in [0.05, 0.1) is 17.1 Å². The lowest BCUT2D eigenvalue weighted by Gasteiger charge is -2.05. The van der Waals surface area contributed by atoms with Crippen molar-refractivity contribution in [2.75, 3.05) is 7.11 Å². The van der Waals surface area contributed by atoms with Crippen LogP contribution in [-0.4, -0.2) is 12.1 Å². The Morgan fingerprint density at radius 2 is 2.14 bits per heavy atom. The van der Waals surface area contributed by atoms with E-state index in [0.717, 1.165) is 24.7 Å². The van der Waals surface area contributed by atoms with Crippen LogP contribution in [0.5, 0.6) is 5.75 Å². The maximum atomic E-state index is 5.22. The second-order valence-electron chi connectivity index (χ2n) is 2.83. The van der Waals surface area contributed by atoms with Crippen LogP contribution in [0.15, 0.2) is 28.9 Å². The van der Waals surface area contributed by atoms with E-state index >= 15 is 0 Å². The van der Waals surface area contributed by atoms with Crippen LogP contribution in [0, 0.1) is 3.57 Å². The summed E-state index contributed by atoms with van der Waals surface area (Å²) in [7, 11) is 1.66. The van der Waals surface area contributed by atoms with Gasteiger partial charge in [-0.1, -0.05) is 0 Å². The van der Waals surface area contributed by atoms with E-state index in [2.05, 4.69) is 49.6 Å². The fraction of sp³-hybridized carbons (Fsp3) is 0.100. The van der Waals surface area contributed by atoms with Crippen LogP contribution in [0.3, 0.4) is 0 Å². The molecule has 2 rings (SSSR count). The van der Waals surface area contributed by atoms with Crippen molar-refractivity contribution in [2.24, 2.45) is 0 Å². The van der Waals surface area contributed by atoms with Gasteiger partial charge in [-0.15, -0.1) is 0 Å². The third-order valence-corrected chi connectivity index (χ3v) is 3.13. The van der Waals surface area contributed by atoms with Crippen LogP contribution < -0.4 is 4.74 Å². The molecule has 0 aliphatic carbocycles. The molecule has 1 aromatic carbocycles. The molecule has 14 heavy (non-hydrogen) atoms. The summed E-state index contributed by atoms with van der Waals surface area (Å²) in [5, 5.41) is 1.09. The zero-order valence-electron chi connectivity index (χ0n) is 7.42. The van der Waals surface area contributed by atoms with E-state index in [1.807, 2.05) is 18.3 Å². The Morgan fingerprint density at radius 1 is 1.36 bits per heavy atom. The molecule has 0 atom stereocenters. The first-order valence-electron chi connectivity index (χ1n) is 3.99. The predicted octanol–water partition coefficient (Wildman–Crippen LogP) is 3.61. The first-order valence-corrected chi connectivity index (χ1v) is 5.86. The minimum Gasteiger partial charge on any atom is -0.496 e. The standard InChI is InChI=1S/C10H7BrINO/c1-14-10-3-6-2-7(12)5-13-9(6)4-8(10)11/h2-5H,1H3. The Bertz CT molecular complexity index is 487. The smallest absolute Gasteiger partial charge is 0.133 e. The molecule has 1 heterocycles. The first kappa shape index (κ1) is 10.2. The van der Waals surface area contributed by atoms with Crippen LogP contribution in [0.1, 0.15) is 0 Å². The molecule has 0 saturated heterocycles. The summed E-state index contributed by atoms with van der Waals surface area (Å²) in [5.41, 5.74) is 0.970. The monoisotopic (exact) mass is 363 g/mol. The summed E-state index contributed by atoms with van der Waals surface area (Å²) in [5.74, 6) is 0.835. The van der Waals surface area contributed by atoms with Crippen molar-refractivity contribution in [3.05, 3.63) is 32.4 Å². The molecule has 2 nitrogen and oxygen atoms in total. The lowest BCUT2D eigenvalue weighted by molar-refractivity contribution is 0.413. The van der Waals surface area contributed by atoms with E-state index < -0.39 is 0 Å². The highest BCUT2D eigenvalue weighted by Gasteiger charge is 2.03. The molecule has 0 aliphatic heterocycles. The highest BCUT2D eigenvalue weighted by atomic mass is 127. The fourth-order valence-corrected chi connectivity index (χ4v) is 2.23. The van der Waals surface area contributed by atoms with Gasteiger partial charge >= 0.3 is 0 Å². The Hall–Kier alpha value is -0.360. The van der Waals surface area contributed by atoms with E-state index in [-0.39, 0.29) is 0 Å². The normalized spacial score (nSPS) is 10.5. The molecule has 0 fully saturated rings. The fourth-order valence-electron chi connectivity index (χ4n) is 1.26. The van der Waals surface area contributed by atoms with Crippen LogP contribution in [0.4, 0.5) is 0 Å². The van der Waals surface area contributed by atoms with Crippen molar-refractivity contribution in [3.63, 3.8) is 0 Å². The molecule has 1 aromatic heterocycles. The highest BCUT2D eigenvalue weighted by Crippen LogP contribution is 2.29. The maximum absolute atomic E-state index is 5.22. The molecule has 0 spiro atoms. The molecule has 0 amide bonds. The molecule has 72 valence electrons. The van der Waals surface area contributed by atoms with Crippen LogP contribution in [0.2, 0.25) is 0 Å². The Labute approximate surface area is 104 Å². The molecule has 0 radical (unpaired) electrons. The number of ether oxygens (including phenoxy) is 1.